The van der Waals surface area contributed by atoms with Gasteiger partial charge < -0.3 is 16.2 Å². The highest BCUT2D eigenvalue weighted by molar-refractivity contribution is 6.88. The van der Waals surface area contributed by atoms with Crippen molar-refractivity contribution in [2.75, 3.05) is 11.5 Å². The number of nitrogen functional groups attached to an aromatic ring is 2. The Labute approximate surface area is 151 Å². The van der Waals surface area contributed by atoms with Crippen molar-refractivity contribution in [3.05, 3.63) is 30.0 Å². The zero-order valence-electron chi connectivity index (χ0n) is 15.8. The first-order valence-corrected chi connectivity index (χ1v) is 15.2. The van der Waals surface area contributed by atoms with Gasteiger partial charge in [-0.25, -0.2) is 4.98 Å². The summed E-state index contributed by atoms with van der Waals surface area (Å²) in [5, 5.41) is 1.29. The van der Waals surface area contributed by atoms with E-state index in [4.69, 9.17) is 16.2 Å². The molecule has 25 heavy (non-hydrogen) atoms. The van der Waals surface area contributed by atoms with Crippen LogP contribution in [-0.4, -0.2) is 26.1 Å². The van der Waals surface area contributed by atoms with Crippen LogP contribution in [-0.2, 0) is 0 Å². The second kappa shape index (κ2) is 6.90. The summed E-state index contributed by atoms with van der Waals surface area (Å²) >= 11 is 0. The Hall–Kier alpha value is -2.31. The van der Waals surface area contributed by atoms with Gasteiger partial charge in [0.2, 0.25) is 5.95 Å². The second-order valence-corrected chi connectivity index (χ2v) is 17.9. The topological polar surface area (TPSA) is 87.0 Å². The van der Waals surface area contributed by atoms with Crippen molar-refractivity contribution in [2.45, 2.75) is 39.3 Å². The lowest BCUT2D eigenvalue weighted by Gasteiger charge is -2.19. The summed E-state index contributed by atoms with van der Waals surface area (Å²) in [6, 6.07) is 6.25. The van der Waals surface area contributed by atoms with E-state index in [0.717, 1.165) is 5.56 Å². The number of nitrogens with zero attached hydrogens (tertiary/aromatic N) is 2. The van der Waals surface area contributed by atoms with Gasteiger partial charge in [-0.05, 0) is 12.1 Å². The summed E-state index contributed by atoms with van der Waals surface area (Å²) in [6.45, 7) is 13.5. The number of hydrogen-bond donors (Lipinski definition) is 2. The maximum Gasteiger partial charge on any atom is 0.222 e. The highest BCUT2D eigenvalue weighted by Crippen LogP contribution is 2.28. The fraction of sp³-hybridized carbons (Fsp3) is 0.333. The zero-order valence-corrected chi connectivity index (χ0v) is 17.8. The fourth-order valence-corrected chi connectivity index (χ4v) is 3.68. The first-order valence-electron chi connectivity index (χ1n) is 8.19. The molecule has 7 heteroatoms. The first kappa shape index (κ1) is 19.0. The third-order valence-electron chi connectivity index (χ3n) is 3.44. The summed E-state index contributed by atoms with van der Waals surface area (Å²) in [7, 11) is -2.99. The van der Waals surface area contributed by atoms with E-state index in [0.29, 0.717) is 11.5 Å². The van der Waals surface area contributed by atoms with Crippen LogP contribution in [0.3, 0.4) is 0 Å². The smallest absolute Gasteiger partial charge is 0.222 e. The molecule has 5 nitrogen and oxygen atoms in total. The Balaban J connectivity index is 2.52. The van der Waals surface area contributed by atoms with Gasteiger partial charge in [-0.1, -0.05) is 56.5 Å². The molecule has 0 unspecified atom stereocenters. The molecule has 0 saturated carbocycles. The molecule has 0 spiro atoms. The van der Waals surface area contributed by atoms with Crippen molar-refractivity contribution >= 4 is 33.1 Å². The van der Waals surface area contributed by atoms with Crippen LogP contribution < -0.4 is 21.4 Å². The van der Waals surface area contributed by atoms with Crippen LogP contribution in [0.1, 0.15) is 5.56 Å². The molecule has 1 aromatic carbocycles. The summed E-state index contributed by atoms with van der Waals surface area (Å²) in [5.41, 5.74) is 15.7. The minimum Gasteiger partial charge on any atom is -0.451 e. The predicted molar refractivity (Wildman–Crippen MR) is 111 cm³/mol. The van der Waals surface area contributed by atoms with Crippen LogP contribution in [0.15, 0.2) is 24.4 Å². The Morgan fingerprint density at radius 2 is 1.68 bits per heavy atom. The standard InChI is InChI=1S/C18H26N4OSi2/c1-24(2,3)10-9-13-7-8-14(25(4,5)6)11-15(13)23-16-12-21-18(20)22-17(16)19/h7-8,11-12H,1-6H3,(H4,19,20,21,22). The maximum absolute atomic E-state index is 6.03. The molecule has 0 radical (unpaired) electrons. The van der Waals surface area contributed by atoms with Crippen molar-refractivity contribution in [1.82, 2.24) is 9.97 Å². The molecule has 0 saturated heterocycles. The molecule has 0 bridgehead atoms. The van der Waals surface area contributed by atoms with Gasteiger partial charge in [0.05, 0.1) is 19.8 Å². The highest BCUT2D eigenvalue weighted by Gasteiger charge is 2.19. The number of benzene rings is 1. The Morgan fingerprint density at radius 3 is 2.24 bits per heavy atom. The van der Waals surface area contributed by atoms with Crippen molar-refractivity contribution in [3.63, 3.8) is 0 Å². The molecular formula is C18H26N4OSi2. The third kappa shape index (κ3) is 5.34. The van der Waals surface area contributed by atoms with Gasteiger partial charge >= 0.3 is 0 Å². The number of nitrogens with two attached hydrogens (primary N) is 2. The van der Waals surface area contributed by atoms with E-state index in [1.807, 2.05) is 6.07 Å². The third-order valence-corrected chi connectivity index (χ3v) is 6.36. The second-order valence-electron chi connectivity index (χ2n) is 8.04. The van der Waals surface area contributed by atoms with E-state index in [9.17, 15) is 0 Å². The summed E-state index contributed by atoms with van der Waals surface area (Å²) in [4.78, 5) is 7.92. The van der Waals surface area contributed by atoms with Gasteiger partial charge in [-0.15, -0.1) is 5.54 Å². The lowest BCUT2D eigenvalue weighted by molar-refractivity contribution is 0.479. The van der Waals surface area contributed by atoms with E-state index in [1.54, 1.807) is 0 Å². The lowest BCUT2D eigenvalue weighted by Crippen LogP contribution is -2.37. The molecule has 0 atom stereocenters. The molecule has 4 N–H and O–H groups in total. The molecule has 0 amide bonds. The van der Waals surface area contributed by atoms with Crippen molar-refractivity contribution < 1.29 is 4.74 Å². The predicted octanol–water partition coefficient (Wildman–Crippen LogP) is 3.21. The summed E-state index contributed by atoms with van der Waals surface area (Å²) in [6.07, 6.45) is 1.49. The van der Waals surface area contributed by atoms with Crippen molar-refractivity contribution in [3.8, 4) is 23.0 Å². The summed E-state index contributed by atoms with van der Waals surface area (Å²) in [5.74, 6) is 4.69. The van der Waals surface area contributed by atoms with Gasteiger partial charge in [-0.3, -0.25) is 0 Å². The zero-order chi connectivity index (χ0) is 18.8. The Bertz CT molecular complexity index is 843. The molecule has 0 fully saturated rings. The van der Waals surface area contributed by atoms with Crippen LogP contribution in [0.25, 0.3) is 0 Å². The highest BCUT2D eigenvalue weighted by atomic mass is 28.3. The minimum atomic E-state index is -1.50. The van der Waals surface area contributed by atoms with Gasteiger partial charge in [0.25, 0.3) is 0 Å². The Morgan fingerprint density at radius 1 is 1.00 bits per heavy atom. The molecule has 1 heterocycles. The normalized spacial score (nSPS) is 11.6. The largest absolute Gasteiger partial charge is 0.451 e. The van der Waals surface area contributed by atoms with Crippen molar-refractivity contribution in [1.29, 1.82) is 0 Å². The van der Waals surface area contributed by atoms with Crippen LogP contribution in [0.4, 0.5) is 11.8 Å². The quantitative estimate of drug-likeness (QED) is 0.640. The average Bonchev–Trinajstić information content (AvgIpc) is 2.47. The number of rotatable bonds is 3. The lowest BCUT2D eigenvalue weighted by atomic mass is 10.2. The molecule has 1 aromatic heterocycles. The molecular weight excluding hydrogens is 344 g/mol. The fourth-order valence-electron chi connectivity index (χ4n) is 2.03. The van der Waals surface area contributed by atoms with Gasteiger partial charge in [-0.2, -0.15) is 4.98 Å². The van der Waals surface area contributed by atoms with E-state index in [-0.39, 0.29) is 11.8 Å². The molecule has 0 aliphatic heterocycles. The molecule has 0 aliphatic carbocycles. The van der Waals surface area contributed by atoms with E-state index >= 15 is 0 Å². The van der Waals surface area contributed by atoms with Crippen LogP contribution in [0, 0.1) is 11.5 Å². The SMILES string of the molecule is C[Si](C)(C)C#Cc1ccc([Si](C)(C)C)cc1Oc1cnc(N)nc1N. The van der Waals surface area contributed by atoms with E-state index in [2.05, 4.69) is 72.8 Å². The van der Waals surface area contributed by atoms with Crippen LogP contribution in [0.5, 0.6) is 11.5 Å². The molecule has 2 aromatic rings. The molecule has 2 rings (SSSR count). The number of anilines is 2. The molecule has 0 aliphatic rings. The van der Waals surface area contributed by atoms with E-state index < -0.39 is 16.1 Å². The number of aromatic nitrogens is 2. The van der Waals surface area contributed by atoms with Crippen LogP contribution >= 0.6 is 0 Å². The Kier molecular flexibility index (Phi) is 5.25. The number of hydrogen-bond acceptors (Lipinski definition) is 5. The van der Waals surface area contributed by atoms with Crippen LogP contribution in [0.2, 0.25) is 39.3 Å². The van der Waals surface area contributed by atoms with Gasteiger partial charge in [0, 0.05) is 0 Å². The number of ether oxygens (including phenoxy) is 1. The summed E-state index contributed by atoms with van der Waals surface area (Å²) < 4.78 is 6.03. The minimum absolute atomic E-state index is 0.124. The van der Waals surface area contributed by atoms with Crippen molar-refractivity contribution in [2.24, 2.45) is 0 Å². The van der Waals surface area contributed by atoms with Gasteiger partial charge in [0.15, 0.2) is 11.6 Å². The van der Waals surface area contributed by atoms with Gasteiger partial charge in [0.1, 0.15) is 13.8 Å². The monoisotopic (exact) mass is 370 g/mol. The molecule has 132 valence electrons. The first-order chi connectivity index (χ1) is 11.5. The average molecular weight is 371 g/mol. The van der Waals surface area contributed by atoms with E-state index in [1.165, 1.54) is 11.4 Å². The maximum atomic E-state index is 6.03.